The summed E-state index contributed by atoms with van der Waals surface area (Å²) in [4.78, 5) is 16.6. The number of nitrogens with zero attached hydrogens (tertiary/aromatic N) is 2. The maximum atomic E-state index is 12.3. The van der Waals surface area contributed by atoms with Crippen LogP contribution in [0.15, 0.2) is 24.3 Å². The van der Waals surface area contributed by atoms with Crippen LogP contribution in [0.2, 0.25) is 0 Å². The smallest absolute Gasteiger partial charge is 0.317 e. The SMILES string of the molecule is O=C(NCc1cccc(CN2CCCCCC2)c1)N1CCCC1CO. The Morgan fingerprint density at radius 3 is 2.60 bits per heavy atom. The first-order valence-electron chi connectivity index (χ1n) is 9.72. The number of aliphatic hydroxyl groups is 1. The minimum Gasteiger partial charge on any atom is -0.394 e. The van der Waals surface area contributed by atoms with Gasteiger partial charge in [0.15, 0.2) is 0 Å². The normalized spacial score (nSPS) is 22.0. The molecule has 2 N–H and O–H groups in total. The molecular weight excluding hydrogens is 314 g/mol. The summed E-state index contributed by atoms with van der Waals surface area (Å²) in [5.74, 6) is 0. The number of nitrogens with one attached hydrogen (secondary N) is 1. The fourth-order valence-electron chi connectivity index (χ4n) is 3.96. The average Bonchev–Trinajstić information content (AvgIpc) is 2.97. The van der Waals surface area contributed by atoms with Crippen molar-refractivity contribution in [1.29, 1.82) is 0 Å². The Morgan fingerprint density at radius 2 is 1.84 bits per heavy atom. The Kier molecular flexibility index (Phi) is 6.70. The summed E-state index contributed by atoms with van der Waals surface area (Å²) in [6.07, 6.45) is 7.19. The van der Waals surface area contributed by atoms with E-state index in [4.69, 9.17) is 0 Å². The van der Waals surface area contributed by atoms with Crippen LogP contribution >= 0.6 is 0 Å². The molecule has 2 aliphatic heterocycles. The average molecular weight is 345 g/mol. The van der Waals surface area contributed by atoms with Gasteiger partial charge in [0, 0.05) is 19.6 Å². The van der Waals surface area contributed by atoms with Crippen molar-refractivity contribution in [1.82, 2.24) is 15.1 Å². The number of likely N-dealkylation sites (tertiary alicyclic amines) is 2. The minimum absolute atomic E-state index is 0.0191. The molecule has 2 aliphatic rings. The molecule has 2 fully saturated rings. The van der Waals surface area contributed by atoms with Crippen LogP contribution in [0.3, 0.4) is 0 Å². The standard InChI is InChI=1S/C20H31N3O2/c24-16-19-9-6-12-23(19)20(25)21-14-17-7-5-8-18(13-17)15-22-10-3-1-2-4-11-22/h5,7-8,13,19,24H,1-4,6,9-12,14-16H2,(H,21,25). The van der Waals surface area contributed by atoms with E-state index in [-0.39, 0.29) is 18.7 Å². The number of carbonyl (C=O) groups is 1. The van der Waals surface area contributed by atoms with Crippen molar-refractivity contribution < 1.29 is 9.90 Å². The molecular formula is C20H31N3O2. The minimum atomic E-state index is -0.0607. The number of hydrogen-bond acceptors (Lipinski definition) is 3. The van der Waals surface area contributed by atoms with Gasteiger partial charge < -0.3 is 15.3 Å². The molecule has 5 nitrogen and oxygen atoms in total. The van der Waals surface area contributed by atoms with Gasteiger partial charge in [0.1, 0.15) is 0 Å². The summed E-state index contributed by atoms with van der Waals surface area (Å²) in [7, 11) is 0. The van der Waals surface area contributed by atoms with Gasteiger partial charge in [-0.3, -0.25) is 4.90 Å². The molecule has 2 amide bonds. The van der Waals surface area contributed by atoms with E-state index in [0.717, 1.165) is 31.5 Å². The maximum Gasteiger partial charge on any atom is 0.317 e. The fourth-order valence-corrected chi connectivity index (χ4v) is 3.96. The number of carbonyl (C=O) groups excluding carboxylic acids is 1. The summed E-state index contributed by atoms with van der Waals surface area (Å²) in [6, 6.07) is 8.46. The zero-order valence-electron chi connectivity index (χ0n) is 15.1. The predicted octanol–water partition coefficient (Wildman–Crippen LogP) is 2.73. The van der Waals surface area contributed by atoms with Gasteiger partial charge in [-0.05, 0) is 49.9 Å². The van der Waals surface area contributed by atoms with E-state index in [2.05, 4.69) is 34.5 Å². The summed E-state index contributed by atoms with van der Waals surface area (Å²) in [5, 5.41) is 12.4. The van der Waals surface area contributed by atoms with E-state index in [1.165, 1.54) is 44.3 Å². The van der Waals surface area contributed by atoms with Gasteiger partial charge in [0.25, 0.3) is 0 Å². The maximum absolute atomic E-state index is 12.3. The predicted molar refractivity (Wildman–Crippen MR) is 99.2 cm³/mol. The molecule has 2 heterocycles. The number of hydrogen-bond donors (Lipinski definition) is 2. The van der Waals surface area contributed by atoms with Crippen LogP contribution in [0.1, 0.15) is 49.7 Å². The second-order valence-corrected chi connectivity index (χ2v) is 7.34. The zero-order chi connectivity index (χ0) is 17.5. The second-order valence-electron chi connectivity index (χ2n) is 7.34. The van der Waals surface area contributed by atoms with Gasteiger partial charge in [0.05, 0.1) is 12.6 Å². The van der Waals surface area contributed by atoms with Crippen molar-refractivity contribution >= 4 is 6.03 Å². The zero-order valence-corrected chi connectivity index (χ0v) is 15.1. The largest absolute Gasteiger partial charge is 0.394 e. The van der Waals surface area contributed by atoms with Gasteiger partial charge in [-0.25, -0.2) is 4.79 Å². The van der Waals surface area contributed by atoms with Crippen LogP contribution < -0.4 is 5.32 Å². The van der Waals surface area contributed by atoms with E-state index >= 15 is 0 Å². The summed E-state index contributed by atoms with van der Waals surface area (Å²) < 4.78 is 0. The van der Waals surface area contributed by atoms with Crippen molar-refractivity contribution in [2.75, 3.05) is 26.2 Å². The van der Waals surface area contributed by atoms with Gasteiger partial charge in [-0.2, -0.15) is 0 Å². The molecule has 1 aromatic rings. The van der Waals surface area contributed by atoms with E-state index in [0.29, 0.717) is 6.54 Å². The summed E-state index contributed by atoms with van der Waals surface area (Å²) >= 11 is 0. The number of urea groups is 1. The molecule has 5 heteroatoms. The lowest BCUT2D eigenvalue weighted by Crippen LogP contribution is -2.43. The Balaban J connectivity index is 1.52. The Bertz CT molecular complexity index is 556. The van der Waals surface area contributed by atoms with Crippen LogP contribution in [0.4, 0.5) is 4.79 Å². The van der Waals surface area contributed by atoms with Crippen molar-refractivity contribution in [3.8, 4) is 0 Å². The topological polar surface area (TPSA) is 55.8 Å². The highest BCUT2D eigenvalue weighted by Gasteiger charge is 2.27. The van der Waals surface area contributed by atoms with E-state index in [1.807, 2.05) is 0 Å². The highest BCUT2D eigenvalue weighted by atomic mass is 16.3. The molecule has 0 radical (unpaired) electrons. The number of aliphatic hydroxyl groups excluding tert-OH is 1. The lowest BCUT2D eigenvalue weighted by atomic mass is 10.1. The van der Waals surface area contributed by atoms with Gasteiger partial charge in [0.2, 0.25) is 0 Å². The quantitative estimate of drug-likeness (QED) is 0.863. The summed E-state index contributed by atoms with van der Waals surface area (Å²) in [5.41, 5.74) is 2.46. The van der Waals surface area contributed by atoms with Crippen LogP contribution in [-0.2, 0) is 13.1 Å². The number of rotatable bonds is 5. The highest BCUT2D eigenvalue weighted by molar-refractivity contribution is 5.74. The van der Waals surface area contributed by atoms with E-state index < -0.39 is 0 Å². The molecule has 1 unspecified atom stereocenters. The Hall–Kier alpha value is -1.59. The lowest BCUT2D eigenvalue weighted by molar-refractivity contribution is 0.157. The lowest BCUT2D eigenvalue weighted by Gasteiger charge is -2.23. The fraction of sp³-hybridized carbons (Fsp3) is 0.650. The number of benzene rings is 1. The van der Waals surface area contributed by atoms with Crippen LogP contribution in [0.5, 0.6) is 0 Å². The second kappa shape index (κ2) is 9.20. The molecule has 138 valence electrons. The van der Waals surface area contributed by atoms with Crippen molar-refractivity contribution in [3.05, 3.63) is 35.4 Å². The third-order valence-electron chi connectivity index (χ3n) is 5.39. The van der Waals surface area contributed by atoms with Crippen LogP contribution in [0.25, 0.3) is 0 Å². The molecule has 1 aromatic carbocycles. The molecule has 0 saturated carbocycles. The first-order valence-corrected chi connectivity index (χ1v) is 9.72. The molecule has 0 aliphatic carbocycles. The molecule has 0 spiro atoms. The number of amides is 2. The third kappa shape index (κ3) is 5.19. The monoisotopic (exact) mass is 345 g/mol. The van der Waals surface area contributed by atoms with Crippen molar-refractivity contribution in [3.63, 3.8) is 0 Å². The summed E-state index contributed by atoms with van der Waals surface area (Å²) in [6.45, 7) is 4.73. The first-order chi connectivity index (χ1) is 12.3. The molecule has 1 atom stereocenters. The Morgan fingerprint density at radius 1 is 1.08 bits per heavy atom. The van der Waals surface area contributed by atoms with Gasteiger partial charge >= 0.3 is 6.03 Å². The third-order valence-corrected chi connectivity index (χ3v) is 5.39. The Labute approximate surface area is 151 Å². The molecule has 0 bridgehead atoms. The highest BCUT2D eigenvalue weighted by Crippen LogP contribution is 2.17. The van der Waals surface area contributed by atoms with E-state index in [1.54, 1.807) is 4.90 Å². The molecule has 3 rings (SSSR count). The molecule has 0 aromatic heterocycles. The first kappa shape index (κ1) is 18.2. The van der Waals surface area contributed by atoms with Gasteiger partial charge in [-0.15, -0.1) is 0 Å². The molecule has 2 saturated heterocycles. The van der Waals surface area contributed by atoms with Crippen molar-refractivity contribution in [2.45, 2.75) is 57.7 Å². The molecule has 25 heavy (non-hydrogen) atoms. The van der Waals surface area contributed by atoms with Crippen molar-refractivity contribution in [2.24, 2.45) is 0 Å². The van der Waals surface area contributed by atoms with Crippen LogP contribution in [-0.4, -0.2) is 53.2 Å². The van der Waals surface area contributed by atoms with Gasteiger partial charge in [-0.1, -0.05) is 37.1 Å². The van der Waals surface area contributed by atoms with E-state index in [9.17, 15) is 9.90 Å². The van der Waals surface area contributed by atoms with Crippen LogP contribution in [0, 0.1) is 0 Å².